The summed E-state index contributed by atoms with van der Waals surface area (Å²) in [6, 6.07) is 16.0. The summed E-state index contributed by atoms with van der Waals surface area (Å²) < 4.78 is 0. The first-order valence-corrected chi connectivity index (χ1v) is 19.2. The number of phenols is 2. The fourth-order valence-electron chi connectivity index (χ4n) is 7.96. The highest BCUT2D eigenvalue weighted by molar-refractivity contribution is 6.27. The van der Waals surface area contributed by atoms with Crippen LogP contribution in [0.25, 0.3) is 0 Å². The van der Waals surface area contributed by atoms with Crippen LogP contribution in [0.2, 0.25) is 0 Å². The summed E-state index contributed by atoms with van der Waals surface area (Å²) in [6.45, 7) is 3.15. The Hall–Kier alpha value is -7.82. The average Bonchev–Trinajstić information content (AvgIpc) is 3.67. The summed E-state index contributed by atoms with van der Waals surface area (Å²) >= 11 is 0. The highest BCUT2D eigenvalue weighted by atomic mass is 16.4. The number of anilines is 4. The lowest BCUT2D eigenvalue weighted by molar-refractivity contribution is -0.130. The third kappa shape index (κ3) is 7.37. The smallest absolute Gasteiger partial charge is 0.337 e. The van der Waals surface area contributed by atoms with Gasteiger partial charge in [0.2, 0.25) is 11.1 Å². The van der Waals surface area contributed by atoms with Crippen molar-refractivity contribution >= 4 is 58.1 Å². The number of aromatic hydroxyl groups is 2. The molecule has 62 heavy (non-hydrogen) atoms. The zero-order valence-corrected chi connectivity index (χ0v) is 33.1. The van der Waals surface area contributed by atoms with Gasteiger partial charge in [0.25, 0.3) is 11.8 Å². The lowest BCUT2D eigenvalue weighted by Gasteiger charge is -2.31. The van der Waals surface area contributed by atoms with Gasteiger partial charge in [0.1, 0.15) is 11.5 Å². The number of carbonyl (C=O) groups excluding carboxylic acids is 4. The molecule has 0 spiro atoms. The molecule has 3 aliphatic rings. The Labute approximate surface area is 353 Å². The van der Waals surface area contributed by atoms with Crippen molar-refractivity contribution in [2.75, 3.05) is 21.3 Å². The number of aromatic carboxylic acids is 2. The summed E-state index contributed by atoms with van der Waals surface area (Å²) in [5, 5.41) is 76.0. The van der Waals surface area contributed by atoms with Crippen molar-refractivity contribution in [1.29, 1.82) is 0 Å². The van der Waals surface area contributed by atoms with E-state index in [-0.39, 0.29) is 80.5 Å². The number of para-hydroxylation sites is 2. The van der Waals surface area contributed by atoms with Gasteiger partial charge in [-0.05, 0) is 86.4 Å². The summed E-state index contributed by atoms with van der Waals surface area (Å²) in [6.07, 6.45) is 4.35. The molecule has 2 heterocycles. The number of benzene rings is 4. The molecule has 0 fully saturated rings. The van der Waals surface area contributed by atoms with Gasteiger partial charge >= 0.3 is 11.9 Å². The fraction of sp³-hybridized carbons (Fsp3) is 0.174. The molecule has 16 heteroatoms. The maximum Gasteiger partial charge on any atom is 0.337 e. The van der Waals surface area contributed by atoms with Crippen molar-refractivity contribution in [1.82, 2.24) is 0 Å². The first-order chi connectivity index (χ1) is 29.5. The summed E-state index contributed by atoms with van der Waals surface area (Å²) in [7, 11) is 0. The maximum atomic E-state index is 14.6. The minimum Gasteiger partial charge on any atom is -0.508 e. The number of aliphatic hydroxyl groups is 2. The molecule has 0 aromatic heterocycles. The number of hydrogen-bond acceptors (Lipinski definition) is 12. The number of carboxylic acids is 2. The quantitative estimate of drug-likeness (QED) is 0.104. The zero-order chi connectivity index (χ0) is 44.7. The number of aliphatic hydroxyl groups excluding tert-OH is 2. The van der Waals surface area contributed by atoms with E-state index in [1.807, 2.05) is 0 Å². The highest BCUT2D eigenvalue weighted by Crippen LogP contribution is 2.48. The van der Waals surface area contributed by atoms with Gasteiger partial charge in [-0.1, -0.05) is 59.7 Å². The molecule has 4 atom stereocenters. The minimum absolute atomic E-state index is 0.0341. The second-order valence-electron chi connectivity index (χ2n) is 15.1. The lowest BCUT2D eigenvalue weighted by Crippen LogP contribution is -2.49. The van der Waals surface area contributed by atoms with Crippen LogP contribution in [-0.2, 0) is 30.3 Å². The molecule has 0 saturated heterocycles. The van der Waals surface area contributed by atoms with Gasteiger partial charge in [-0.25, -0.2) is 9.59 Å². The molecule has 1 aliphatic carbocycles. The fourth-order valence-corrected chi connectivity index (χ4v) is 7.96. The number of phenolic OH excluding ortho intramolecular Hbond substituents is 2. The Morgan fingerprint density at radius 2 is 0.968 bits per heavy atom. The first kappa shape index (κ1) is 42.3. The largest absolute Gasteiger partial charge is 0.508 e. The summed E-state index contributed by atoms with van der Waals surface area (Å²) in [4.78, 5) is 82.2. The summed E-state index contributed by atoms with van der Waals surface area (Å²) in [5.41, 5.74) is -5.14. The molecule has 10 N–H and O–H groups in total. The van der Waals surface area contributed by atoms with E-state index in [0.29, 0.717) is 11.1 Å². The van der Waals surface area contributed by atoms with Crippen molar-refractivity contribution in [3.05, 3.63) is 154 Å². The van der Waals surface area contributed by atoms with Crippen LogP contribution in [0.15, 0.2) is 120 Å². The Morgan fingerprint density at radius 1 is 0.597 bits per heavy atom. The molecule has 7 rings (SSSR count). The van der Waals surface area contributed by atoms with Gasteiger partial charge in [-0.3, -0.25) is 19.2 Å². The topological polar surface area (TPSA) is 272 Å². The second kappa shape index (κ2) is 16.3. The third-order valence-corrected chi connectivity index (χ3v) is 11.0. The SMILES string of the molecule is CC1=C\C[C@H](O)c2cc(O)cc3c2[C@@](Nc2ccccc2C(=O)O)(C(=O)/C=C/C(C)=C/C[C@H](O)c2cc(O)cc4c2[C@](Nc2ccccc2C(=O)O)(C(=O)\C=C\1)C(=O)N4)C(=O)N3. The molecule has 4 aromatic rings. The van der Waals surface area contributed by atoms with Crippen molar-refractivity contribution in [3.63, 3.8) is 0 Å². The van der Waals surface area contributed by atoms with Crippen LogP contribution in [0.3, 0.4) is 0 Å². The van der Waals surface area contributed by atoms with Gasteiger partial charge < -0.3 is 51.9 Å². The van der Waals surface area contributed by atoms with Gasteiger partial charge in [0.05, 0.1) is 46.1 Å². The van der Waals surface area contributed by atoms with Gasteiger partial charge in [-0.2, -0.15) is 0 Å². The Kier molecular flexibility index (Phi) is 11.1. The van der Waals surface area contributed by atoms with Crippen LogP contribution in [0.4, 0.5) is 22.7 Å². The number of ketones is 2. The van der Waals surface area contributed by atoms with E-state index >= 15 is 0 Å². The minimum atomic E-state index is -2.38. The molecule has 2 aliphatic heterocycles. The molecule has 0 unspecified atom stereocenters. The van der Waals surface area contributed by atoms with E-state index in [4.69, 9.17) is 0 Å². The molecule has 316 valence electrons. The van der Waals surface area contributed by atoms with E-state index in [0.717, 1.165) is 12.2 Å². The average molecular weight is 841 g/mol. The van der Waals surface area contributed by atoms with Crippen LogP contribution < -0.4 is 21.3 Å². The van der Waals surface area contributed by atoms with Crippen LogP contribution in [0, 0.1) is 0 Å². The monoisotopic (exact) mass is 840 g/mol. The normalized spacial score (nSPS) is 25.1. The molecule has 16 nitrogen and oxygen atoms in total. The number of carbonyl (C=O) groups is 6. The first-order valence-electron chi connectivity index (χ1n) is 19.2. The standard InChI is InChI=1S/C46H40N4O12/c1-23-11-15-35(53)29-19-25(51)21-33-39(29)46(44(62)48-33,50-32-10-6-4-8-28(32)42(59)60)38(56)18-14-24(2)12-16-36(54)30-20-26(52)22-34-40(30)45(43(61)47-34,37(55)17-13-23)49-31-9-5-3-7-27(31)41(57)58/h3-14,17-22,35-36,49-54H,15-16H2,1-2H3,(H,47,61)(H,48,62)(H,57,58)(H,59,60)/b17-13+,18-14+,23-11+,24-12+/t35-,36-,45-,46+/m0/s1. The number of hydrogen-bond donors (Lipinski definition) is 10. The van der Waals surface area contributed by atoms with Crippen LogP contribution in [0.5, 0.6) is 11.5 Å². The van der Waals surface area contributed by atoms with Gasteiger partial charge in [0, 0.05) is 23.3 Å². The van der Waals surface area contributed by atoms with E-state index in [1.54, 1.807) is 13.8 Å². The van der Waals surface area contributed by atoms with Crippen molar-refractivity contribution in [2.24, 2.45) is 0 Å². The molecular weight excluding hydrogens is 801 g/mol. The number of carboxylic acid groups (broad SMARTS) is 2. The van der Waals surface area contributed by atoms with Crippen molar-refractivity contribution in [2.45, 2.75) is 50.0 Å². The molecular formula is C46H40N4O12. The van der Waals surface area contributed by atoms with E-state index in [9.17, 15) is 59.4 Å². The molecule has 0 bridgehead atoms. The Morgan fingerprint density at radius 3 is 1.34 bits per heavy atom. The molecule has 0 saturated carbocycles. The number of amides is 2. The van der Waals surface area contributed by atoms with Crippen molar-refractivity contribution < 1.29 is 59.4 Å². The zero-order valence-electron chi connectivity index (χ0n) is 33.1. The predicted molar refractivity (Wildman–Crippen MR) is 226 cm³/mol. The van der Waals surface area contributed by atoms with Crippen LogP contribution in [-0.4, -0.2) is 66.0 Å². The van der Waals surface area contributed by atoms with Gasteiger partial charge in [-0.15, -0.1) is 0 Å². The third-order valence-electron chi connectivity index (χ3n) is 11.0. The number of rotatable bonds is 6. The second-order valence-corrected chi connectivity index (χ2v) is 15.1. The van der Waals surface area contributed by atoms with Gasteiger partial charge in [0.15, 0.2) is 11.6 Å². The maximum absolute atomic E-state index is 14.6. The predicted octanol–water partition coefficient (Wildman–Crippen LogP) is 5.72. The Bertz CT molecular complexity index is 2550. The van der Waals surface area contributed by atoms with Crippen LogP contribution >= 0.6 is 0 Å². The summed E-state index contributed by atoms with van der Waals surface area (Å²) in [5.74, 6) is -7.10. The number of allylic oxidation sites excluding steroid dienone is 4. The van der Waals surface area contributed by atoms with E-state index in [1.165, 1.54) is 97.1 Å². The molecule has 4 aromatic carbocycles. The van der Waals surface area contributed by atoms with E-state index in [2.05, 4.69) is 21.3 Å². The highest BCUT2D eigenvalue weighted by Gasteiger charge is 2.56. The van der Waals surface area contributed by atoms with Crippen molar-refractivity contribution in [3.8, 4) is 11.5 Å². The van der Waals surface area contributed by atoms with E-state index < -0.39 is 58.6 Å². The molecule has 0 radical (unpaired) electrons. The Balaban J connectivity index is 1.41. The van der Waals surface area contributed by atoms with Crippen LogP contribution in [0.1, 0.15) is 81.9 Å². The lowest BCUT2D eigenvalue weighted by atomic mass is 9.80. The number of nitrogens with one attached hydrogen (secondary N) is 4. The molecule has 2 amide bonds.